The number of ether oxygens (including phenoxy) is 1. The number of methoxy groups -OCH3 is 1. The fourth-order valence-electron chi connectivity index (χ4n) is 1.40. The quantitative estimate of drug-likeness (QED) is 0.502. The first-order valence-corrected chi connectivity index (χ1v) is 6.83. The zero-order chi connectivity index (χ0) is 13.2. The molecule has 0 saturated carbocycles. The second kappa shape index (κ2) is 4.94. The zero-order valence-corrected chi connectivity index (χ0v) is 10.7. The third-order valence-corrected chi connectivity index (χ3v) is 3.76. The molecule has 0 unspecified atom stereocenters. The van der Waals surface area contributed by atoms with E-state index in [1.165, 1.54) is 0 Å². The lowest BCUT2D eigenvalue weighted by Crippen LogP contribution is -2.10. The second-order valence-electron chi connectivity index (χ2n) is 3.21. The highest BCUT2D eigenvalue weighted by Gasteiger charge is 2.25. The lowest BCUT2D eigenvalue weighted by molar-refractivity contribution is 0.0599. The summed E-state index contributed by atoms with van der Waals surface area (Å²) in [6, 6.07) is 0. The van der Waals surface area contributed by atoms with Crippen molar-refractivity contribution < 1.29 is 27.3 Å². The van der Waals surface area contributed by atoms with Gasteiger partial charge in [-0.05, 0) is 6.92 Å². The Bertz CT molecular complexity index is 554. The number of carbonyl (C=O) groups excluding carboxylic acids is 2. The van der Waals surface area contributed by atoms with Gasteiger partial charge in [-0.3, -0.25) is 9.35 Å². The minimum Gasteiger partial charge on any atom is -0.465 e. The Kier molecular flexibility index (Phi) is 4.02. The van der Waals surface area contributed by atoms with E-state index in [0.717, 1.165) is 18.4 Å². The highest BCUT2D eigenvalue weighted by Crippen LogP contribution is 2.29. The average Bonchev–Trinajstić information content (AvgIpc) is 2.51. The van der Waals surface area contributed by atoms with E-state index in [1.807, 2.05) is 0 Å². The van der Waals surface area contributed by atoms with Gasteiger partial charge in [0.2, 0.25) is 0 Å². The molecule has 0 aliphatic heterocycles. The molecular formula is C9H10O6S2. The summed E-state index contributed by atoms with van der Waals surface area (Å²) in [5.41, 5.74) is 0.00840. The van der Waals surface area contributed by atoms with Gasteiger partial charge in [0.1, 0.15) is 5.75 Å². The summed E-state index contributed by atoms with van der Waals surface area (Å²) >= 11 is 0.981. The summed E-state index contributed by atoms with van der Waals surface area (Å²) < 4.78 is 35.0. The molecule has 0 spiro atoms. The summed E-state index contributed by atoms with van der Waals surface area (Å²) in [5, 5.41) is 0. The summed E-state index contributed by atoms with van der Waals surface area (Å²) in [6.07, 6.45) is 0.449. The molecule has 0 atom stereocenters. The molecule has 0 aliphatic carbocycles. The third-order valence-electron chi connectivity index (χ3n) is 2.04. The van der Waals surface area contributed by atoms with E-state index in [9.17, 15) is 18.0 Å². The van der Waals surface area contributed by atoms with Gasteiger partial charge in [0, 0.05) is 10.4 Å². The molecule has 0 aromatic carbocycles. The molecular weight excluding hydrogens is 268 g/mol. The van der Waals surface area contributed by atoms with Gasteiger partial charge in [0.05, 0.1) is 17.6 Å². The van der Waals surface area contributed by atoms with Gasteiger partial charge in [0.15, 0.2) is 6.29 Å². The van der Waals surface area contributed by atoms with Crippen LogP contribution >= 0.6 is 11.3 Å². The number of carbonyl (C=O) groups is 2. The number of hydrogen-bond donors (Lipinski definition) is 1. The first-order chi connectivity index (χ1) is 7.80. The molecule has 0 bridgehead atoms. The predicted molar refractivity (Wildman–Crippen MR) is 61.0 cm³/mol. The van der Waals surface area contributed by atoms with Crippen molar-refractivity contribution in [3.63, 3.8) is 0 Å². The van der Waals surface area contributed by atoms with Crippen LogP contribution < -0.4 is 0 Å². The summed E-state index contributed by atoms with van der Waals surface area (Å²) in [5.74, 6) is -1.51. The van der Waals surface area contributed by atoms with E-state index >= 15 is 0 Å². The molecule has 1 aromatic rings. The molecule has 0 radical (unpaired) electrons. The van der Waals surface area contributed by atoms with Gasteiger partial charge in [-0.25, -0.2) is 4.79 Å². The maximum Gasteiger partial charge on any atom is 0.339 e. The zero-order valence-electron chi connectivity index (χ0n) is 9.09. The van der Waals surface area contributed by atoms with Crippen molar-refractivity contribution in [2.24, 2.45) is 0 Å². The standard InChI is InChI=1S/C9H10O6S2/c1-5-8(9(11)15-2)6(4-17(12,13)14)7(3-10)16-5/h3H,4H2,1-2H3,(H,12,13,14). The Balaban J connectivity index is 3.42. The van der Waals surface area contributed by atoms with Gasteiger partial charge in [-0.15, -0.1) is 11.3 Å². The average molecular weight is 278 g/mol. The van der Waals surface area contributed by atoms with Crippen LogP contribution in [-0.4, -0.2) is 32.3 Å². The van der Waals surface area contributed by atoms with Crippen molar-refractivity contribution in [1.29, 1.82) is 0 Å². The van der Waals surface area contributed by atoms with Gasteiger partial charge in [-0.2, -0.15) is 8.42 Å². The van der Waals surface area contributed by atoms with Crippen molar-refractivity contribution in [3.8, 4) is 0 Å². The lowest BCUT2D eigenvalue weighted by Gasteiger charge is -2.02. The van der Waals surface area contributed by atoms with Crippen molar-refractivity contribution in [2.45, 2.75) is 12.7 Å². The molecule has 17 heavy (non-hydrogen) atoms. The van der Waals surface area contributed by atoms with Gasteiger partial charge in [0.25, 0.3) is 10.1 Å². The molecule has 0 saturated heterocycles. The van der Waals surface area contributed by atoms with Gasteiger partial charge in [-0.1, -0.05) is 0 Å². The van der Waals surface area contributed by atoms with Crippen LogP contribution in [-0.2, 0) is 20.6 Å². The van der Waals surface area contributed by atoms with Crippen LogP contribution in [0.4, 0.5) is 0 Å². The van der Waals surface area contributed by atoms with Crippen LogP contribution in [0.5, 0.6) is 0 Å². The first kappa shape index (κ1) is 13.8. The summed E-state index contributed by atoms with van der Waals surface area (Å²) in [7, 11) is -3.17. The number of aryl methyl sites for hydroxylation is 1. The molecule has 94 valence electrons. The van der Waals surface area contributed by atoms with E-state index in [4.69, 9.17) is 4.55 Å². The van der Waals surface area contributed by atoms with Crippen LogP contribution in [0.1, 0.15) is 30.5 Å². The summed E-state index contributed by atoms with van der Waals surface area (Å²) in [6.45, 7) is 1.57. The van der Waals surface area contributed by atoms with Crippen LogP contribution in [0.15, 0.2) is 0 Å². The molecule has 6 nitrogen and oxygen atoms in total. The molecule has 1 N–H and O–H groups in total. The SMILES string of the molecule is COC(=O)c1c(C)sc(C=O)c1CS(=O)(=O)O. The molecule has 1 aromatic heterocycles. The molecule has 1 rings (SSSR count). The predicted octanol–water partition coefficient (Wildman–Crippen LogP) is 1.04. The maximum absolute atomic E-state index is 11.5. The van der Waals surface area contributed by atoms with E-state index in [-0.39, 0.29) is 16.0 Å². The largest absolute Gasteiger partial charge is 0.465 e. The van der Waals surface area contributed by atoms with E-state index < -0.39 is 21.8 Å². The van der Waals surface area contributed by atoms with Crippen molar-refractivity contribution in [3.05, 3.63) is 20.9 Å². The second-order valence-corrected chi connectivity index (χ2v) is 5.92. The Morgan fingerprint density at radius 2 is 2.12 bits per heavy atom. The number of aldehydes is 1. The Morgan fingerprint density at radius 3 is 2.53 bits per heavy atom. The Hall–Kier alpha value is -1.25. The fraction of sp³-hybridized carbons (Fsp3) is 0.333. The van der Waals surface area contributed by atoms with Crippen LogP contribution in [0.3, 0.4) is 0 Å². The minimum atomic E-state index is -4.32. The number of esters is 1. The van der Waals surface area contributed by atoms with Crippen LogP contribution in [0, 0.1) is 6.92 Å². The fourth-order valence-corrected chi connectivity index (χ4v) is 3.14. The van der Waals surface area contributed by atoms with Gasteiger partial charge >= 0.3 is 5.97 Å². The Labute approximate surface area is 102 Å². The van der Waals surface area contributed by atoms with Gasteiger partial charge < -0.3 is 4.74 Å². The molecule has 1 heterocycles. The lowest BCUT2D eigenvalue weighted by atomic mass is 10.1. The maximum atomic E-state index is 11.5. The van der Waals surface area contributed by atoms with E-state index in [0.29, 0.717) is 11.2 Å². The first-order valence-electron chi connectivity index (χ1n) is 4.41. The number of rotatable bonds is 4. The van der Waals surface area contributed by atoms with Crippen LogP contribution in [0.25, 0.3) is 0 Å². The molecule has 8 heteroatoms. The number of thiophene rings is 1. The Morgan fingerprint density at radius 1 is 1.53 bits per heavy atom. The van der Waals surface area contributed by atoms with E-state index in [2.05, 4.69) is 4.74 Å². The van der Waals surface area contributed by atoms with Crippen molar-refractivity contribution in [2.75, 3.05) is 7.11 Å². The topological polar surface area (TPSA) is 97.7 Å². The van der Waals surface area contributed by atoms with Crippen molar-refractivity contribution in [1.82, 2.24) is 0 Å². The highest BCUT2D eigenvalue weighted by molar-refractivity contribution is 7.85. The van der Waals surface area contributed by atoms with Crippen LogP contribution in [0.2, 0.25) is 0 Å². The monoisotopic (exact) mass is 278 g/mol. The normalized spacial score (nSPS) is 11.2. The molecule has 0 aliphatic rings. The van der Waals surface area contributed by atoms with E-state index in [1.54, 1.807) is 6.92 Å². The van der Waals surface area contributed by atoms with Crippen molar-refractivity contribution >= 4 is 33.7 Å². The molecule has 0 amide bonds. The smallest absolute Gasteiger partial charge is 0.339 e. The molecule has 0 fully saturated rings. The minimum absolute atomic E-state index is 0.0168. The highest BCUT2D eigenvalue weighted by atomic mass is 32.2. The third kappa shape index (κ3) is 3.11. The number of hydrogen-bond acceptors (Lipinski definition) is 6. The summed E-state index contributed by atoms with van der Waals surface area (Å²) in [4.78, 5) is 22.8.